The highest BCUT2D eigenvalue weighted by molar-refractivity contribution is 8.10. The second-order valence-electron chi connectivity index (χ2n) is 2.91. The molecule has 1 atom stereocenters. The van der Waals surface area contributed by atoms with Crippen molar-refractivity contribution in [1.82, 2.24) is 0 Å². The molecule has 0 saturated heterocycles. The minimum atomic E-state index is 0.279. The number of rotatable bonds is 6. The molecule has 0 N–H and O–H groups in total. The molecule has 0 aliphatic rings. The Hall–Kier alpha value is 0.240. The van der Waals surface area contributed by atoms with Gasteiger partial charge in [0.1, 0.15) is 6.10 Å². The van der Waals surface area contributed by atoms with Crippen LogP contribution in [0.15, 0.2) is 0 Å². The zero-order valence-electron chi connectivity index (χ0n) is 7.88. The maximum atomic E-state index is 5.34. The molecule has 0 aromatic heterocycles. The van der Waals surface area contributed by atoms with Gasteiger partial charge in [-0.25, -0.2) is 0 Å². The summed E-state index contributed by atoms with van der Waals surface area (Å²) in [4.78, 5) is 0. The molecule has 72 valence electrons. The average molecular weight is 206 g/mol. The zero-order valence-corrected chi connectivity index (χ0v) is 9.59. The van der Waals surface area contributed by atoms with Crippen LogP contribution in [-0.2, 0) is 4.74 Å². The molecule has 0 aromatic rings. The molecule has 0 bridgehead atoms. The van der Waals surface area contributed by atoms with E-state index in [1.54, 1.807) is 0 Å². The molecule has 0 rings (SSSR count). The Kier molecular flexibility index (Phi) is 8.02. The van der Waals surface area contributed by atoms with Crippen LogP contribution in [0.2, 0.25) is 0 Å². The number of hydrogen-bond acceptors (Lipinski definition) is 2. The highest BCUT2D eigenvalue weighted by Gasteiger charge is 2.06. The van der Waals surface area contributed by atoms with Gasteiger partial charge < -0.3 is 4.74 Å². The van der Waals surface area contributed by atoms with Gasteiger partial charge in [0.25, 0.3) is 0 Å². The van der Waals surface area contributed by atoms with Crippen molar-refractivity contribution < 1.29 is 4.74 Å². The Labute approximate surface area is 86.3 Å². The van der Waals surface area contributed by atoms with Gasteiger partial charge in [-0.1, -0.05) is 39.3 Å². The first-order chi connectivity index (χ1) is 5.70. The molecule has 1 unspecified atom stereocenters. The van der Waals surface area contributed by atoms with Gasteiger partial charge in [-0.2, -0.15) is 0 Å². The summed E-state index contributed by atoms with van der Waals surface area (Å²) in [6.07, 6.45) is 6.16. The van der Waals surface area contributed by atoms with E-state index in [-0.39, 0.29) is 6.10 Å². The monoisotopic (exact) mass is 206 g/mol. The van der Waals surface area contributed by atoms with Crippen LogP contribution in [0.4, 0.5) is 0 Å². The standard InChI is InChI=1S/C9H18OS2/c1-3-5-6-7-8(4-2)10-9(11)12/h8H,3-7H2,1-2H3,(H,11,12). The third kappa shape index (κ3) is 6.92. The van der Waals surface area contributed by atoms with Gasteiger partial charge in [0.2, 0.25) is 4.38 Å². The molecule has 0 aliphatic carbocycles. The molecule has 3 heteroatoms. The first kappa shape index (κ1) is 12.2. The van der Waals surface area contributed by atoms with Crippen LogP contribution in [0.1, 0.15) is 46.0 Å². The number of thiocarbonyl (C=S) groups is 1. The van der Waals surface area contributed by atoms with E-state index < -0.39 is 0 Å². The summed E-state index contributed by atoms with van der Waals surface area (Å²) in [6.45, 7) is 4.31. The third-order valence-corrected chi connectivity index (χ3v) is 2.05. The fourth-order valence-electron chi connectivity index (χ4n) is 1.11. The van der Waals surface area contributed by atoms with Gasteiger partial charge in [-0.05, 0) is 31.5 Å². The third-order valence-electron chi connectivity index (χ3n) is 1.85. The van der Waals surface area contributed by atoms with Crippen molar-refractivity contribution in [3.63, 3.8) is 0 Å². The lowest BCUT2D eigenvalue weighted by Gasteiger charge is -2.15. The van der Waals surface area contributed by atoms with Gasteiger partial charge in [0, 0.05) is 0 Å². The summed E-state index contributed by atoms with van der Waals surface area (Å²) in [5, 5.41) is 0. The molecule has 0 saturated carbocycles. The van der Waals surface area contributed by atoms with Crippen molar-refractivity contribution in [2.45, 2.75) is 52.1 Å². The van der Waals surface area contributed by atoms with E-state index in [1.165, 1.54) is 19.3 Å². The van der Waals surface area contributed by atoms with E-state index in [4.69, 9.17) is 17.0 Å². The topological polar surface area (TPSA) is 9.23 Å². The molecule has 0 aromatic carbocycles. The average Bonchev–Trinajstić information content (AvgIpc) is 2.02. The van der Waals surface area contributed by atoms with Gasteiger partial charge >= 0.3 is 0 Å². The molecule has 0 fully saturated rings. The van der Waals surface area contributed by atoms with E-state index in [9.17, 15) is 0 Å². The Balaban J connectivity index is 3.46. The minimum Gasteiger partial charge on any atom is -0.475 e. The molecule has 0 amide bonds. The summed E-state index contributed by atoms with van der Waals surface area (Å²) < 4.78 is 5.72. The van der Waals surface area contributed by atoms with Crippen molar-refractivity contribution in [2.24, 2.45) is 0 Å². The fourth-order valence-corrected chi connectivity index (χ4v) is 1.40. The number of thiol groups is 1. The minimum absolute atomic E-state index is 0.279. The molecule has 0 heterocycles. The van der Waals surface area contributed by atoms with E-state index in [1.807, 2.05) is 0 Å². The van der Waals surface area contributed by atoms with E-state index in [0.717, 1.165) is 12.8 Å². The lowest BCUT2D eigenvalue weighted by atomic mass is 10.1. The quantitative estimate of drug-likeness (QED) is 0.404. The highest BCUT2D eigenvalue weighted by atomic mass is 32.1. The van der Waals surface area contributed by atoms with E-state index >= 15 is 0 Å². The van der Waals surface area contributed by atoms with E-state index in [2.05, 4.69) is 26.5 Å². The molecule has 0 radical (unpaired) electrons. The van der Waals surface area contributed by atoms with Crippen molar-refractivity contribution in [1.29, 1.82) is 0 Å². The first-order valence-corrected chi connectivity index (χ1v) is 5.45. The summed E-state index contributed by atoms with van der Waals surface area (Å²) in [7, 11) is 0. The number of hydrogen-bond donors (Lipinski definition) is 1. The van der Waals surface area contributed by atoms with Crippen LogP contribution in [0, 0.1) is 0 Å². The smallest absolute Gasteiger partial charge is 0.217 e. The maximum absolute atomic E-state index is 5.34. The van der Waals surface area contributed by atoms with E-state index in [0.29, 0.717) is 4.38 Å². The largest absolute Gasteiger partial charge is 0.475 e. The zero-order chi connectivity index (χ0) is 9.40. The normalized spacial score (nSPS) is 12.6. The van der Waals surface area contributed by atoms with Gasteiger partial charge in [0.05, 0.1) is 0 Å². The molecular formula is C9H18OS2. The first-order valence-electron chi connectivity index (χ1n) is 4.60. The molecule has 0 aliphatic heterocycles. The van der Waals surface area contributed by atoms with Crippen LogP contribution in [0.25, 0.3) is 0 Å². The maximum Gasteiger partial charge on any atom is 0.217 e. The lowest BCUT2D eigenvalue weighted by molar-refractivity contribution is 0.181. The highest BCUT2D eigenvalue weighted by Crippen LogP contribution is 2.11. The predicted octanol–water partition coefficient (Wildman–Crippen LogP) is 3.58. The Morgan fingerprint density at radius 1 is 1.42 bits per heavy atom. The summed E-state index contributed by atoms with van der Waals surface area (Å²) in [5.41, 5.74) is 0. The second kappa shape index (κ2) is 7.87. The van der Waals surface area contributed by atoms with Crippen molar-refractivity contribution in [2.75, 3.05) is 0 Å². The summed E-state index contributed by atoms with van der Waals surface area (Å²) >= 11 is 8.70. The van der Waals surface area contributed by atoms with Crippen LogP contribution >= 0.6 is 24.8 Å². The van der Waals surface area contributed by atoms with Crippen LogP contribution in [0.3, 0.4) is 0 Å². The Bertz CT molecular complexity index is 126. The molecule has 0 spiro atoms. The summed E-state index contributed by atoms with van der Waals surface area (Å²) in [6, 6.07) is 0. The lowest BCUT2D eigenvalue weighted by Crippen LogP contribution is -2.12. The van der Waals surface area contributed by atoms with Gasteiger partial charge in [0.15, 0.2) is 0 Å². The van der Waals surface area contributed by atoms with Crippen LogP contribution < -0.4 is 0 Å². The van der Waals surface area contributed by atoms with Crippen molar-refractivity contribution in [3.05, 3.63) is 0 Å². The Morgan fingerprint density at radius 2 is 2.08 bits per heavy atom. The molecular weight excluding hydrogens is 188 g/mol. The van der Waals surface area contributed by atoms with Crippen molar-refractivity contribution >= 4 is 29.2 Å². The van der Waals surface area contributed by atoms with Gasteiger partial charge in [-0.3, -0.25) is 0 Å². The van der Waals surface area contributed by atoms with Crippen LogP contribution in [0.5, 0.6) is 0 Å². The Morgan fingerprint density at radius 3 is 2.50 bits per heavy atom. The SMILES string of the molecule is CCCCCC(CC)OC(=S)S. The van der Waals surface area contributed by atoms with Crippen molar-refractivity contribution in [3.8, 4) is 0 Å². The summed E-state index contributed by atoms with van der Waals surface area (Å²) in [5.74, 6) is 0. The number of ether oxygens (including phenoxy) is 1. The fraction of sp³-hybridized carbons (Fsp3) is 0.889. The van der Waals surface area contributed by atoms with Crippen LogP contribution in [-0.4, -0.2) is 10.5 Å². The second-order valence-corrected chi connectivity index (χ2v) is 3.99. The number of unbranched alkanes of at least 4 members (excludes halogenated alkanes) is 2. The molecule has 12 heavy (non-hydrogen) atoms. The van der Waals surface area contributed by atoms with Gasteiger partial charge in [-0.15, -0.1) is 0 Å². The predicted molar refractivity (Wildman–Crippen MR) is 60.9 cm³/mol. The molecule has 1 nitrogen and oxygen atoms in total.